The molecule has 0 saturated heterocycles. The third kappa shape index (κ3) is 2.81. The van der Waals surface area contributed by atoms with Gasteiger partial charge in [0.25, 0.3) is 0 Å². The number of carbonyl (C=O) groups excluding carboxylic acids is 1. The molecular weight excluding hydrogens is 260 g/mol. The molecule has 4 nitrogen and oxygen atoms in total. The monoisotopic (exact) mass is 268 g/mol. The molecule has 0 fully saturated rings. The summed E-state index contributed by atoms with van der Waals surface area (Å²) in [6, 6.07) is 6.96. The van der Waals surface area contributed by atoms with Crippen LogP contribution in [0.1, 0.15) is 17.3 Å². The van der Waals surface area contributed by atoms with Crippen LogP contribution in [0, 0.1) is 0 Å². The highest BCUT2D eigenvalue weighted by Gasteiger charge is 2.10. The van der Waals surface area contributed by atoms with Gasteiger partial charge in [0.2, 0.25) is 4.47 Å². The minimum absolute atomic E-state index is 0.351. The maximum Gasteiger partial charge on any atom is 0.338 e. The Balaban J connectivity index is 2.31. The Morgan fingerprint density at radius 2 is 2.35 bits per heavy atom. The standard InChI is InChI=1S/C11H9ClN2O2S/c1-2-16-10(15)8-5-3-4-7(6-8)9-13-11(12)17-14-9/h3-6H,2H2,1H3. The number of hydrogen-bond acceptors (Lipinski definition) is 5. The molecule has 88 valence electrons. The SMILES string of the molecule is CCOC(=O)c1cccc(-c2nsc(Cl)n2)c1. The lowest BCUT2D eigenvalue weighted by Crippen LogP contribution is -2.04. The minimum atomic E-state index is -0.351. The van der Waals surface area contributed by atoms with Crippen molar-refractivity contribution in [1.82, 2.24) is 9.36 Å². The van der Waals surface area contributed by atoms with E-state index in [4.69, 9.17) is 16.3 Å². The fourth-order valence-corrected chi connectivity index (χ4v) is 1.94. The summed E-state index contributed by atoms with van der Waals surface area (Å²) in [4.78, 5) is 15.6. The molecule has 6 heteroatoms. The van der Waals surface area contributed by atoms with Crippen LogP contribution in [0.3, 0.4) is 0 Å². The molecule has 0 atom stereocenters. The van der Waals surface area contributed by atoms with Crippen LogP contribution in [0.4, 0.5) is 0 Å². The van der Waals surface area contributed by atoms with Crippen molar-refractivity contribution in [2.75, 3.05) is 6.61 Å². The van der Waals surface area contributed by atoms with Gasteiger partial charge in [0, 0.05) is 5.56 Å². The molecule has 0 amide bonds. The van der Waals surface area contributed by atoms with Crippen molar-refractivity contribution in [3.8, 4) is 11.4 Å². The summed E-state index contributed by atoms with van der Waals surface area (Å²) >= 11 is 6.83. The number of nitrogens with zero attached hydrogens (tertiary/aromatic N) is 2. The van der Waals surface area contributed by atoms with Gasteiger partial charge in [-0.2, -0.15) is 4.37 Å². The molecule has 1 heterocycles. The van der Waals surface area contributed by atoms with Gasteiger partial charge in [-0.3, -0.25) is 0 Å². The first-order valence-corrected chi connectivity index (χ1v) is 6.12. The summed E-state index contributed by atoms with van der Waals surface area (Å²) in [6.07, 6.45) is 0. The Kier molecular flexibility index (Phi) is 3.71. The number of rotatable bonds is 3. The van der Waals surface area contributed by atoms with Crippen molar-refractivity contribution in [3.05, 3.63) is 34.3 Å². The number of esters is 1. The number of halogens is 1. The molecule has 1 aromatic heterocycles. The van der Waals surface area contributed by atoms with Crippen LogP contribution in [-0.4, -0.2) is 21.9 Å². The lowest BCUT2D eigenvalue weighted by Gasteiger charge is -2.02. The van der Waals surface area contributed by atoms with Crippen molar-refractivity contribution in [2.45, 2.75) is 6.92 Å². The van der Waals surface area contributed by atoms with Gasteiger partial charge in [0.1, 0.15) is 0 Å². The van der Waals surface area contributed by atoms with Gasteiger partial charge in [-0.1, -0.05) is 12.1 Å². The van der Waals surface area contributed by atoms with Gasteiger partial charge in [-0.15, -0.1) is 0 Å². The third-order valence-corrected chi connectivity index (χ3v) is 2.83. The van der Waals surface area contributed by atoms with E-state index >= 15 is 0 Å². The number of aromatic nitrogens is 2. The molecular formula is C11H9ClN2O2S. The molecule has 2 rings (SSSR count). The number of hydrogen-bond donors (Lipinski definition) is 0. The molecule has 0 bridgehead atoms. The fourth-order valence-electron chi connectivity index (χ4n) is 1.32. The van der Waals surface area contributed by atoms with E-state index in [1.54, 1.807) is 25.1 Å². The van der Waals surface area contributed by atoms with E-state index < -0.39 is 0 Å². The molecule has 0 radical (unpaired) electrons. The van der Waals surface area contributed by atoms with Crippen molar-refractivity contribution in [1.29, 1.82) is 0 Å². The van der Waals surface area contributed by atoms with Gasteiger partial charge in [-0.05, 0) is 42.2 Å². The van der Waals surface area contributed by atoms with Gasteiger partial charge < -0.3 is 4.74 Å². The summed E-state index contributed by atoms with van der Waals surface area (Å²) in [7, 11) is 0. The number of ether oxygens (including phenoxy) is 1. The molecule has 0 spiro atoms. The van der Waals surface area contributed by atoms with Gasteiger partial charge >= 0.3 is 5.97 Å². The predicted octanol–water partition coefficient (Wildman–Crippen LogP) is 3.04. The van der Waals surface area contributed by atoms with Crippen LogP contribution in [-0.2, 0) is 4.74 Å². The maximum atomic E-state index is 11.5. The largest absolute Gasteiger partial charge is 0.462 e. The Hall–Kier alpha value is -1.46. The van der Waals surface area contributed by atoms with Gasteiger partial charge in [-0.25, -0.2) is 9.78 Å². The highest BCUT2D eigenvalue weighted by molar-refractivity contribution is 7.10. The van der Waals surface area contributed by atoms with Crippen LogP contribution in [0.5, 0.6) is 0 Å². The van der Waals surface area contributed by atoms with Crippen molar-refractivity contribution >= 4 is 29.1 Å². The second-order valence-corrected chi connectivity index (χ2v) is 4.51. The summed E-state index contributed by atoms with van der Waals surface area (Å²) < 4.78 is 9.38. The van der Waals surface area contributed by atoms with Gasteiger partial charge in [0.15, 0.2) is 5.82 Å². The molecule has 0 N–H and O–H groups in total. The van der Waals surface area contributed by atoms with Gasteiger partial charge in [0.05, 0.1) is 12.2 Å². The van der Waals surface area contributed by atoms with Crippen LogP contribution in [0.15, 0.2) is 24.3 Å². The van der Waals surface area contributed by atoms with E-state index in [9.17, 15) is 4.79 Å². The lowest BCUT2D eigenvalue weighted by molar-refractivity contribution is 0.0526. The summed E-state index contributed by atoms with van der Waals surface area (Å²) in [5, 5.41) is 0. The maximum absolute atomic E-state index is 11.5. The van der Waals surface area contributed by atoms with E-state index in [0.717, 1.165) is 17.1 Å². The predicted molar refractivity (Wildman–Crippen MR) is 66.3 cm³/mol. The second-order valence-electron chi connectivity index (χ2n) is 3.17. The zero-order valence-corrected chi connectivity index (χ0v) is 10.6. The van der Waals surface area contributed by atoms with Crippen molar-refractivity contribution < 1.29 is 9.53 Å². The highest BCUT2D eigenvalue weighted by Crippen LogP contribution is 2.21. The Morgan fingerprint density at radius 1 is 1.53 bits per heavy atom. The molecule has 0 unspecified atom stereocenters. The van der Waals surface area contributed by atoms with Crippen molar-refractivity contribution in [2.24, 2.45) is 0 Å². The zero-order chi connectivity index (χ0) is 12.3. The van der Waals surface area contributed by atoms with E-state index in [1.165, 1.54) is 0 Å². The normalized spacial score (nSPS) is 10.2. The van der Waals surface area contributed by atoms with Crippen LogP contribution < -0.4 is 0 Å². The average Bonchev–Trinajstić information content (AvgIpc) is 2.76. The topological polar surface area (TPSA) is 52.1 Å². The van der Waals surface area contributed by atoms with Crippen molar-refractivity contribution in [3.63, 3.8) is 0 Å². The first kappa shape index (κ1) is 12.0. The Morgan fingerprint density at radius 3 is 3.00 bits per heavy atom. The fraction of sp³-hybridized carbons (Fsp3) is 0.182. The molecule has 0 aliphatic heterocycles. The summed E-state index contributed by atoms with van der Waals surface area (Å²) in [6.45, 7) is 2.12. The van der Waals surface area contributed by atoms with E-state index in [0.29, 0.717) is 22.5 Å². The highest BCUT2D eigenvalue weighted by atomic mass is 35.5. The summed E-state index contributed by atoms with van der Waals surface area (Å²) in [5.41, 5.74) is 1.23. The molecule has 17 heavy (non-hydrogen) atoms. The molecule has 1 aromatic carbocycles. The third-order valence-electron chi connectivity index (χ3n) is 2.03. The van der Waals surface area contributed by atoms with E-state index in [2.05, 4.69) is 9.36 Å². The smallest absolute Gasteiger partial charge is 0.338 e. The zero-order valence-electron chi connectivity index (χ0n) is 9.01. The van der Waals surface area contributed by atoms with E-state index in [-0.39, 0.29) is 5.97 Å². The summed E-state index contributed by atoms with van der Waals surface area (Å²) in [5.74, 6) is 0.168. The first-order valence-electron chi connectivity index (χ1n) is 4.97. The minimum Gasteiger partial charge on any atom is -0.462 e. The number of carbonyl (C=O) groups is 1. The molecule has 0 saturated carbocycles. The quantitative estimate of drug-likeness (QED) is 0.803. The van der Waals surface area contributed by atoms with Crippen LogP contribution >= 0.6 is 23.1 Å². The van der Waals surface area contributed by atoms with Crippen LogP contribution in [0.25, 0.3) is 11.4 Å². The Bertz CT molecular complexity index is 542. The molecule has 0 aliphatic rings. The lowest BCUT2D eigenvalue weighted by atomic mass is 10.1. The first-order chi connectivity index (χ1) is 8.20. The number of benzene rings is 1. The average molecular weight is 269 g/mol. The molecule has 0 aliphatic carbocycles. The molecule has 2 aromatic rings. The van der Waals surface area contributed by atoms with Crippen LogP contribution in [0.2, 0.25) is 4.47 Å². The van der Waals surface area contributed by atoms with E-state index in [1.807, 2.05) is 6.07 Å². The second kappa shape index (κ2) is 5.25. The Labute approximate surface area is 107 Å².